The van der Waals surface area contributed by atoms with E-state index in [1.54, 1.807) is 30.3 Å². The zero-order valence-corrected chi connectivity index (χ0v) is 15.7. The first-order valence-electron chi connectivity index (χ1n) is 8.60. The van der Waals surface area contributed by atoms with Gasteiger partial charge in [0.15, 0.2) is 11.7 Å². The molecule has 0 heterocycles. The first kappa shape index (κ1) is 22.1. The minimum atomic E-state index is -4.54. The number of ketones is 1. The lowest BCUT2D eigenvalue weighted by molar-refractivity contribution is -0.160. The van der Waals surface area contributed by atoms with Crippen LogP contribution in [0.2, 0.25) is 0 Å². The highest BCUT2D eigenvalue weighted by molar-refractivity contribution is 6.00. The van der Waals surface area contributed by atoms with E-state index in [1.807, 2.05) is 0 Å². The molecule has 0 N–H and O–H groups in total. The van der Waals surface area contributed by atoms with Gasteiger partial charge in [-0.25, -0.2) is 0 Å². The number of halogens is 3. The van der Waals surface area contributed by atoms with Crippen LogP contribution in [-0.2, 0) is 25.2 Å². The lowest BCUT2D eigenvalue weighted by atomic mass is 9.81. The smallest absolute Gasteiger partial charge is 0.416 e. The first-order valence-corrected chi connectivity index (χ1v) is 8.60. The topological polar surface area (TPSA) is 69.7 Å². The quantitative estimate of drug-likeness (QED) is 0.393. The predicted molar refractivity (Wildman–Crippen MR) is 97.1 cm³/mol. The van der Waals surface area contributed by atoms with Gasteiger partial charge in [-0.15, -0.1) is 0 Å². The highest BCUT2D eigenvalue weighted by atomic mass is 19.4. The van der Waals surface area contributed by atoms with Crippen molar-refractivity contribution in [2.24, 2.45) is 5.92 Å². The van der Waals surface area contributed by atoms with Crippen LogP contribution in [0, 0.1) is 5.92 Å². The molecule has 0 saturated heterocycles. The third kappa shape index (κ3) is 5.43. The Kier molecular flexibility index (Phi) is 7.14. The fourth-order valence-corrected chi connectivity index (χ4v) is 2.97. The average molecular weight is 408 g/mol. The van der Waals surface area contributed by atoms with Gasteiger partial charge < -0.3 is 9.47 Å². The van der Waals surface area contributed by atoms with E-state index >= 15 is 0 Å². The maximum atomic E-state index is 12.9. The maximum absolute atomic E-state index is 12.9. The Hall–Kier alpha value is -3.16. The molecule has 0 aliphatic carbocycles. The second-order valence-corrected chi connectivity index (χ2v) is 6.24. The molecular weight excluding hydrogens is 389 g/mol. The summed E-state index contributed by atoms with van der Waals surface area (Å²) in [7, 11) is 2.14. The normalized spacial score (nSPS) is 12.3. The Labute approximate surface area is 165 Å². The van der Waals surface area contributed by atoms with Crippen LogP contribution < -0.4 is 0 Å². The molecule has 2 aromatic rings. The zero-order valence-electron chi connectivity index (χ0n) is 15.7. The minimum absolute atomic E-state index is 0.211. The molecule has 29 heavy (non-hydrogen) atoms. The molecule has 0 aromatic heterocycles. The lowest BCUT2D eigenvalue weighted by Gasteiger charge is -2.24. The molecule has 0 unspecified atom stereocenters. The van der Waals surface area contributed by atoms with Crippen molar-refractivity contribution in [3.63, 3.8) is 0 Å². The summed E-state index contributed by atoms with van der Waals surface area (Å²) in [6, 6.07) is 12.1. The molecule has 0 radical (unpaired) electrons. The van der Waals surface area contributed by atoms with E-state index in [-0.39, 0.29) is 17.8 Å². The van der Waals surface area contributed by atoms with Gasteiger partial charge >= 0.3 is 18.1 Å². The number of esters is 2. The number of rotatable bonds is 7. The van der Waals surface area contributed by atoms with E-state index in [4.69, 9.17) is 0 Å². The number of hydrogen-bond donors (Lipinski definition) is 0. The third-order valence-electron chi connectivity index (χ3n) is 4.48. The van der Waals surface area contributed by atoms with Crippen LogP contribution in [0.25, 0.3) is 0 Å². The van der Waals surface area contributed by atoms with Gasteiger partial charge in [0.2, 0.25) is 0 Å². The molecule has 0 bridgehead atoms. The maximum Gasteiger partial charge on any atom is 0.416 e. The molecule has 0 amide bonds. The van der Waals surface area contributed by atoms with Crippen molar-refractivity contribution in [3.05, 3.63) is 71.3 Å². The Morgan fingerprint density at radius 1 is 0.862 bits per heavy atom. The van der Waals surface area contributed by atoms with Crippen LogP contribution >= 0.6 is 0 Å². The summed E-state index contributed by atoms with van der Waals surface area (Å²) in [5, 5.41) is 0. The summed E-state index contributed by atoms with van der Waals surface area (Å²) < 4.78 is 48.0. The molecule has 1 atom stereocenters. The number of carbonyl (C=O) groups excluding carboxylic acids is 3. The number of methoxy groups -OCH3 is 2. The van der Waals surface area contributed by atoms with E-state index in [0.29, 0.717) is 5.56 Å². The van der Waals surface area contributed by atoms with E-state index in [1.165, 1.54) is 0 Å². The van der Waals surface area contributed by atoms with Crippen molar-refractivity contribution >= 4 is 17.7 Å². The first-order chi connectivity index (χ1) is 13.7. The summed E-state index contributed by atoms with van der Waals surface area (Å²) in [6.07, 6.45) is -4.85. The van der Waals surface area contributed by atoms with Gasteiger partial charge in [-0.05, 0) is 17.7 Å². The number of alkyl halides is 3. The van der Waals surface area contributed by atoms with Gasteiger partial charge in [-0.3, -0.25) is 14.4 Å². The Morgan fingerprint density at radius 2 is 1.38 bits per heavy atom. The SMILES string of the molecule is COC(=O)C(C(=O)OC)[C@H](CC(=O)c1ccccc1)c1ccc(C(F)(F)F)cc1. The van der Waals surface area contributed by atoms with Crippen molar-refractivity contribution in [1.29, 1.82) is 0 Å². The molecule has 0 fully saturated rings. The van der Waals surface area contributed by atoms with Crippen LogP contribution in [0.1, 0.15) is 33.8 Å². The van der Waals surface area contributed by atoms with Crippen LogP contribution in [-0.4, -0.2) is 31.9 Å². The zero-order chi connectivity index (χ0) is 21.6. The molecule has 2 aromatic carbocycles. The molecular formula is C21H19F3O5. The van der Waals surface area contributed by atoms with Gasteiger partial charge in [-0.1, -0.05) is 42.5 Å². The van der Waals surface area contributed by atoms with Crippen LogP contribution in [0.4, 0.5) is 13.2 Å². The third-order valence-corrected chi connectivity index (χ3v) is 4.48. The fourth-order valence-electron chi connectivity index (χ4n) is 2.97. The molecule has 0 aliphatic rings. The van der Waals surface area contributed by atoms with Crippen LogP contribution in [0.3, 0.4) is 0 Å². The molecule has 0 spiro atoms. The predicted octanol–water partition coefficient (Wildman–Crippen LogP) is 4.02. The van der Waals surface area contributed by atoms with Gasteiger partial charge in [0, 0.05) is 17.9 Å². The van der Waals surface area contributed by atoms with Crippen LogP contribution in [0.15, 0.2) is 54.6 Å². The highest BCUT2D eigenvalue weighted by Gasteiger charge is 2.39. The molecule has 0 aliphatic heterocycles. The van der Waals surface area contributed by atoms with E-state index in [0.717, 1.165) is 38.5 Å². The molecule has 0 saturated carbocycles. The van der Waals surface area contributed by atoms with Crippen molar-refractivity contribution in [2.75, 3.05) is 14.2 Å². The Morgan fingerprint density at radius 3 is 1.83 bits per heavy atom. The van der Waals surface area contributed by atoms with E-state index in [9.17, 15) is 27.6 Å². The molecule has 154 valence electrons. The second kappa shape index (κ2) is 9.36. The Balaban J connectivity index is 2.47. The number of Topliss-reactive ketones (excluding diaryl/α,β-unsaturated/α-hetero) is 1. The fraction of sp³-hybridized carbons (Fsp3) is 0.286. The van der Waals surface area contributed by atoms with Gasteiger partial charge in [-0.2, -0.15) is 13.2 Å². The van der Waals surface area contributed by atoms with Crippen molar-refractivity contribution in [1.82, 2.24) is 0 Å². The summed E-state index contributed by atoms with van der Waals surface area (Å²) in [4.78, 5) is 37.2. The van der Waals surface area contributed by atoms with Gasteiger partial charge in [0.1, 0.15) is 0 Å². The largest absolute Gasteiger partial charge is 0.468 e. The number of hydrogen-bond acceptors (Lipinski definition) is 5. The Bertz CT molecular complexity index is 844. The second-order valence-electron chi connectivity index (χ2n) is 6.24. The number of benzene rings is 2. The monoisotopic (exact) mass is 408 g/mol. The van der Waals surface area contributed by atoms with Gasteiger partial charge in [0.05, 0.1) is 19.8 Å². The molecule has 8 heteroatoms. The molecule has 5 nitrogen and oxygen atoms in total. The summed E-state index contributed by atoms with van der Waals surface area (Å²) in [5.41, 5.74) is -0.331. The number of ether oxygens (including phenoxy) is 2. The standard InChI is InChI=1S/C21H19F3O5/c1-28-19(26)18(20(27)29-2)16(12-17(25)14-6-4-3-5-7-14)13-8-10-15(11-9-13)21(22,23)24/h3-11,16,18H,12H2,1-2H3/t16-/m1/s1. The summed E-state index contributed by atoms with van der Waals surface area (Å²) in [6.45, 7) is 0. The minimum Gasteiger partial charge on any atom is -0.468 e. The van der Waals surface area contributed by atoms with E-state index in [2.05, 4.69) is 9.47 Å². The van der Waals surface area contributed by atoms with Crippen molar-refractivity contribution in [2.45, 2.75) is 18.5 Å². The van der Waals surface area contributed by atoms with Crippen LogP contribution in [0.5, 0.6) is 0 Å². The molecule has 2 rings (SSSR count). The van der Waals surface area contributed by atoms with Crippen molar-refractivity contribution in [3.8, 4) is 0 Å². The highest BCUT2D eigenvalue weighted by Crippen LogP contribution is 2.35. The average Bonchev–Trinajstić information content (AvgIpc) is 2.72. The summed E-state index contributed by atoms with van der Waals surface area (Å²) >= 11 is 0. The van der Waals surface area contributed by atoms with Gasteiger partial charge in [0.25, 0.3) is 0 Å². The summed E-state index contributed by atoms with van der Waals surface area (Å²) in [5.74, 6) is -4.84. The van der Waals surface area contributed by atoms with E-state index < -0.39 is 35.5 Å². The van der Waals surface area contributed by atoms with Crippen molar-refractivity contribution < 1.29 is 37.0 Å². The number of carbonyl (C=O) groups is 3. The lowest BCUT2D eigenvalue weighted by Crippen LogP contribution is -2.33.